The predicted octanol–water partition coefficient (Wildman–Crippen LogP) is 3.61. The minimum atomic E-state index is -4.95. The van der Waals surface area contributed by atoms with Crippen LogP contribution in [0, 0.1) is 5.92 Å². The third-order valence-corrected chi connectivity index (χ3v) is 4.30. The summed E-state index contributed by atoms with van der Waals surface area (Å²) >= 11 is 0. The van der Waals surface area contributed by atoms with E-state index in [1.54, 1.807) is 38.2 Å². The molecule has 8 heteroatoms. The number of ether oxygens (including phenoxy) is 1. The van der Waals surface area contributed by atoms with Crippen LogP contribution in [0.4, 0.5) is 18.9 Å². The van der Waals surface area contributed by atoms with Crippen molar-refractivity contribution in [3.05, 3.63) is 29.8 Å². The van der Waals surface area contributed by atoms with Gasteiger partial charge in [0.05, 0.1) is 5.92 Å². The summed E-state index contributed by atoms with van der Waals surface area (Å²) in [6.07, 6.45) is -3.35. The molecule has 2 rings (SSSR count). The van der Waals surface area contributed by atoms with Crippen molar-refractivity contribution in [2.75, 3.05) is 18.4 Å². The number of piperidine rings is 1. The van der Waals surface area contributed by atoms with Crippen molar-refractivity contribution in [1.82, 2.24) is 5.32 Å². The molecule has 1 amide bonds. The number of nitrogens with one attached hydrogen (secondary N) is 2. The summed E-state index contributed by atoms with van der Waals surface area (Å²) in [6.45, 7) is 6.97. The van der Waals surface area contributed by atoms with Gasteiger partial charge in [0.25, 0.3) is 0 Å². The molecule has 1 fully saturated rings. The van der Waals surface area contributed by atoms with Crippen LogP contribution in [-0.2, 0) is 14.3 Å². The van der Waals surface area contributed by atoms with Crippen molar-refractivity contribution in [2.24, 2.45) is 5.92 Å². The fourth-order valence-electron chi connectivity index (χ4n) is 3.12. The maximum absolute atomic E-state index is 12.8. The molecule has 1 aromatic carbocycles. The van der Waals surface area contributed by atoms with E-state index in [0.29, 0.717) is 5.56 Å². The average molecular weight is 386 g/mol. The van der Waals surface area contributed by atoms with E-state index >= 15 is 0 Å². The summed E-state index contributed by atoms with van der Waals surface area (Å²) in [4.78, 5) is 23.8. The van der Waals surface area contributed by atoms with Gasteiger partial charge in [-0.2, -0.15) is 13.2 Å². The first-order chi connectivity index (χ1) is 12.5. The van der Waals surface area contributed by atoms with Crippen LogP contribution in [0.5, 0.6) is 0 Å². The van der Waals surface area contributed by atoms with Crippen LogP contribution in [0.25, 0.3) is 0 Å². The van der Waals surface area contributed by atoms with Gasteiger partial charge in [0.2, 0.25) is 0 Å². The lowest BCUT2D eigenvalue weighted by atomic mass is 9.80. The van der Waals surface area contributed by atoms with E-state index in [-0.39, 0.29) is 17.6 Å². The Balaban J connectivity index is 2.21. The number of carbonyl (C=O) groups excluding carboxylic acids is 2. The van der Waals surface area contributed by atoms with Crippen LogP contribution >= 0.6 is 0 Å². The Morgan fingerprint density at radius 2 is 1.67 bits per heavy atom. The Labute approximate surface area is 156 Å². The minimum absolute atomic E-state index is 0.0225. The third kappa shape index (κ3) is 6.23. The molecular formula is C19H25F3N2O3. The van der Waals surface area contributed by atoms with Crippen molar-refractivity contribution in [3.8, 4) is 0 Å². The van der Waals surface area contributed by atoms with Crippen molar-refractivity contribution in [3.63, 3.8) is 0 Å². The lowest BCUT2D eigenvalue weighted by molar-refractivity contribution is -0.167. The molecule has 0 aromatic heterocycles. The van der Waals surface area contributed by atoms with E-state index in [9.17, 15) is 22.8 Å². The number of hydrogen-bond acceptors (Lipinski definition) is 4. The van der Waals surface area contributed by atoms with Gasteiger partial charge >= 0.3 is 18.1 Å². The second-order valence-corrected chi connectivity index (χ2v) is 7.67. The number of carbonyl (C=O) groups is 2. The molecule has 0 aliphatic carbocycles. The normalized spacial score (nSPS) is 17.3. The Hall–Kier alpha value is -2.09. The molecule has 1 atom stereocenters. The van der Waals surface area contributed by atoms with Gasteiger partial charge in [-0.25, -0.2) is 0 Å². The van der Waals surface area contributed by atoms with Crippen molar-refractivity contribution >= 4 is 17.6 Å². The highest BCUT2D eigenvalue weighted by Crippen LogP contribution is 2.34. The molecule has 0 saturated carbocycles. The molecule has 0 radical (unpaired) electrons. The van der Waals surface area contributed by atoms with E-state index in [0.717, 1.165) is 25.9 Å². The van der Waals surface area contributed by atoms with E-state index in [2.05, 4.69) is 5.32 Å². The number of esters is 1. The van der Waals surface area contributed by atoms with Gasteiger partial charge in [-0.3, -0.25) is 9.59 Å². The topological polar surface area (TPSA) is 67.4 Å². The first kappa shape index (κ1) is 21.2. The first-order valence-corrected chi connectivity index (χ1v) is 8.89. The Morgan fingerprint density at radius 1 is 1.11 bits per heavy atom. The maximum atomic E-state index is 12.8. The van der Waals surface area contributed by atoms with Crippen LogP contribution in [0.15, 0.2) is 24.3 Å². The van der Waals surface area contributed by atoms with Crippen molar-refractivity contribution in [2.45, 2.75) is 51.3 Å². The zero-order chi connectivity index (χ0) is 20.2. The highest BCUT2D eigenvalue weighted by Gasteiger charge is 2.39. The number of halogens is 3. The van der Waals surface area contributed by atoms with Gasteiger partial charge in [-0.05, 0) is 70.3 Å². The molecule has 2 N–H and O–H groups in total. The van der Waals surface area contributed by atoms with Gasteiger partial charge in [-0.1, -0.05) is 12.1 Å². The van der Waals surface area contributed by atoms with E-state index < -0.39 is 23.6 Å². The zero-order valence-electron chi connectivity index (χ0n) is 15.7. The fourth-order valence-corrected chi connectivity index (χ4v) is 3.12. The van der Waals surface area contributed by atoms with Crippen LogP contribution in [-0.4, -0.2) is 36.7 Å². The monoisotopic (exact) mass is 386 g/mol. The van der Waals surface area contributed by atoms with Gasteiger partial charge < -0.3 is 15.4 Å². The van der Waals surface area contributed by atoms with E-state index in [1.807, 2.05) is 0 Å². The molecule has 1 unspecified atom stereocenters. The van der Waals surface area contributed by atoms with E-state index in [4.69, 9.17) is 4.74 Å². The largest absolute Gasteiger partial charge is 0.471 e. The van der Waals surface area contributed by atoms with Gasteiger partial charge in [0.1, 0.15) is 5.60 Å². The summed E-state index contributed by atoms with van der Waals surface area (Å²) in [7, 11) is 0. The van der Waals surface area contributed by atoms with Crippen LogP contribution < -0.4 is 10.6 Å². The highest BCUT2D eigenvalue weighted by molar-refractivity contribution is 5.95. The lowest BCUT2D eigenvalue weighted by Crippen LogP contribution is -2.36. The first-order valence-electron chi connectivity index (χ1n) is 8.89. The van der Waals surface area contributed by atoms with Crippen molar-refractivity contribution in [1.29, 1.82) is 0 Å². The highest BCUT2D eigenvalue weighted by atomic mass is 19.4. The van der Waals surface area contributed by atoms with Gasteiger partial charge in [0.15, 0.2) is 0 Å². The molecule has 1 aromatic rings. The summed E-state index contributed by atoms with van der Waals surface area (Å²) < 4.78 is 42.7. The molecule has 1 heterocycles. The standard InChI is InChI=1S/C19H25F3N2O3/c1-18(2,3)27-16(25)15(13-8-10-23-11-9-13)12-4-6-14(7-5-12)24-17(26)19(20,21)22/h4-7,13,15,23H,8-11H2,1-3H3,(H,24,26). The molecule has 150 valence electrons. The van der Waals surface area contributed by atoms with Crippen molar-refractivity contribution < 1.29 is 27.5 Å². The Morgan fingerprint density at radius 3 is 2.15 bits per heavy atom. The smallest absolute Gasteiger partial charge is 0.459 e. The average Bonchev–Trinajstić information content (AvgIpc) is 2.55. The van der Waals surface area contributed by atoms with E-state index in [1.165, 1.54) is 12.1 Å². The summed E-state index contributed by atoms with van der Waals surface area (Å²) in [5, 5.41) is 5.05. The van der Waals surface area contributed by atoms with Crippen LogP contribution in [0.3, 0.4) is 0 Å². The molecule has 27 heavy (non-hydrogen) atoms. The predicted molar refractivity (Wildman–Crippen MR) is 95.3 cm³/mol. The molecule has 1 aliphatic heterocycles. The minimum Gasteiger partial charge on any atom is -0.459 e. The molecule has 0 spiro atoms. The molecule has 0 bridgehead atoms. The second-order valence-electron chi connectivity index (χ2n) is 7.67. The number of amides is 1. The maximum Gasteiger partial charge on any atom is 0.471 e. The number of alkyl halides is 3. The Kier molecular flexibility index (Phi) is 6.51. The van der Waals surface area contributed by atoms with Crippen LogP contribution in [0.2, 0.25) is 0 Å². The van der Waals surface area contributed by atoms with Gasteiger partial charge in [0, 0.05) is 5.69 Å². The number of rotatable bonds is 4. The lowest BCUT2D eigenvalue weighted by Gasteiger charge is -2.32. The quantitative estimate of drug-likeness (QED) is 0.776. The number of hydrogen-bond donors (Lipinski definition) is 2. The molecule has 1 aliphatic rings. The second kappa shape index (κ2) is 8.29. The summed E-state index contributed by atoms with van der Waals surface area (Å²) in [5.74, 6) is -2.80. The molecule has 5 nitrogen and oxygen atoms in total. The SMILES string of the molecule is CC(C)(C)OC(=O)C(c1ccc(NC(=O)C(F)(F)F)cc1)C1CCNCC1. The summed E-state index contributed by atoms with van der Waals surface area (Å²) in [5.41, 5.74) is 0.0542. The van der Waals surface area contributed by atoms with Gasteiger partial charge in [-0.15, -0.1) is 0 Å². The fraction of sp³-hybridized carbons (Fsp3) is 0.579. The third-order valence-electron chi connectivity index (χ3n) is 4.30. The Bertz CT molecular complexity index is 660. The molecule has 1 saturated heterocycles. The number of benzene rings is 1. The zero-order valence-corrected chi connectivity index (χ0v) is 15.7. The molecular weight excluding hydrogens is 361 g/mol. The summed E-state index contributed by atoms with van der Waals surface area (Å²) in [6, 6.07) is 5.89. The number of anilines is 1. The van der Waals surface area contributed by atoms with Crippen LogP contribution in [0.1, 0.15) is 45.1 Å².